The van der Waals surface area contributed by atoms with Gasteiger partial charge in [-0.3, -0.25) is 4.90 Å². The largest absolute Gasteiger partial charge is 1.00 e. The van der Waals surface area contributed by atoms with Crippen molar-refractivity contribution in [3.63, 3.8) is 0 Å². The van der Waals surface area contributed by atoms with Crippen LogP contribution in [0.2, 0.25) is 0 Å². The molecule has 1 saturated heterocycles. The summed E-state index contributed by atoms with van der Waals surface area (Å²) in [6.07, 6.45) is 1.54. The minimum Gasteiger partial charge on any atom is -0.872 e. The Morgan fingerprint density at radius 3 is 2.76 bits per heavy atom. The molecule has 2 aliphatic rings. The van der Waals surface area contributed by atoms with E-state index in [9.17, 15) is 5.11 Å². The molecule has 0 N–H and O–H groups in total. The zero-order valence-electron chi connectivity index (χ0n) is 11.0. The molecule has 4 heteroatoms. The topological polar surface area (TPSA) is 29.5 Å². The van der Waals surface area contributed by atoms with Gasteiger partial charge >= 0.3 is 29.6 Å². The monoisotopic (exact) mass is 240 g/mol. The first-order chi connectivity index (χ1) is 7.54. The van der Waals surface area contributed by atoms with E-state index >= 15 is 0 Å². The maximum atomic E-state index is 11.5. The summed E-state index contributed by atoms with van der Waals surface area (Å²) >= 11 is 0. The zero-order valence-corrected chi connectivity index (χ0v) is 13.0. The second-order valence-electron chi connectivity index (χ2n) is 5.31. The number of hydrogen-bond acceptors (Lipinski definition) is 3. The van der Waals surface area contributed by atoms with Crippen LogP contribution in [0.4, 0.5) is 5.69 Å². The van der Waals surface area contributed by atoms with Gasteiger partial charge in [-0.2, -0.15) is 0 Å². The van der Waals surface area contributed by atoms with Gasteiger partial charge in [-0.15, -0.1) is 5.75 Å². The summed E-state index contributed by atoms with van der Waals surface area (Å²) in [5, 5.41) is 11.5. The summed E-state index contributed by atoms with van der Waals surface area (Å²) in [7, 11) is 4.29. The number of fused-ring (bicyclic) bond motifs is 3. The Morgan fingerprint density at radius 1 is 1.35 bits per heavy atom. The van der Waals surface area contributed by atoms with Crippen LogP contribution < -0.4 is 39.6 Å². The predicted molar refractivity (Wildman–Crippen MR) is 62.7 cm³/mol. The average Bonchev–Trinajstić information content (AvgIpc) is 2.65. The summed E-state index contributed by atoms with van der Waals surface area (Å²) in [6.45, 7) is 3.39. The van der Waals surface area contributed by atoms with Gasteiger partial charge < -0.3 is 10.0 Å². The minimum absolute atomic E-state index is 0. The number of anilines is 1. The molecular weight excluding hydrogens is 223 g/mol. The van der Waals surface area contributed by atoms with Gasteiger partial charge in [-0.1, -0.05) is 19.1 Å². The molecule has 0 bridgehead atoms. The van der Waals surface area contributed by atoms with Gasteiger partial charge in [0.2, 0.25) is 0 Å². The van der Waals surface area contributed by atoms with E-state index in [1.54, 1.807) is 6.07 Å². The molecule has 2 heterocycles. The second-order valence-corrected chi connectivity index (χ2v) is 5.31. The Bertz CT molecular complexity index is 451. The first-order valence-electron chi connectivity index (χ1n) is 5.79. The number of likely N-dealkylation sites (tertiary alicyclic amines) is 1. The van der Waals surface area contributed by atoms with Crippen LogP contribution in [0.3, 0.4) is 0 Å². The predicted octanol–water partition coefficient (Wildman–Crippen LogP) is -1.87. The molecule has 1 fully saturated rings. The van der Waals surface area contributed by atoms with E-state index in [1.807, 2.05) is 12.1 Å². The van der Waals surface area contributed by atoms with Gasteiger partial charge in [0, 0.05) is 24.7 Å². The molecule has 1 aromatic carbocycles. The summed E-state index contributed by atoms with van der Waals surface area (Å²) in [6, 6.07) is 5.46. The van der Waals surface area contributed by atoms with Gasteiger partial charge in [-0.05, 0) is 25.1 Å². The minimum atomic E-state index is 0. The summed E-state index contributed by atoms with van der Waals surface area (Å²) in [4.78, 5) is 4.69. The van der Waals surface area contributed by atoms with Gasteiger partial charge in [0.15, 0.2) is 0 Å². The van der Waals surface area contributed by atoms with Gasteiger partial charge in [0.05, 0.1) is 6.17 Å². The first-order valence-corrected chi connectivity index (χ1v) is 5.79. The van der Waals surface area contributed by atoms with Crippen molar-refractivity contribution in [2.24, 2.45) is 0 Å². The van der Waals surface area contributed by atoms with Crippen molar-refractivity contribution in [3.05, 3.63) is 23.8 Å². The molecule has 2 aliphatic heterocycles. The molecule has 0 radical (unpaired) electrons. The van der Waals surface area contributed by atoms with E-state index in [1.165, 1.54) is 11.3 Å². The van der Waals surface area contributed by atoms with Gasteiger partial charge in [-0.25, -0.2) is 0 Å². The first kappa shape index (κ1) is 13.2. The van der Waals surface area contributed by atoms with Crippen molar-refractivity contribution in [1.82, 2.24) is 4.90 Å². The maximum absolute atomic E-state index is 11.5. The van der Waals surface area contributed by atoms with E-state index in [-0.39, 0.29) is 40.7 Å². The van der Waals surface area contributed by atoms with E-state index in [4.69, 9.17) is 0 Å². The quantitative estimate of drug-likeness (QED) is 0.498. The number of nitrogens with zero attached hydrogens (tertiary/aromatic N) is 2. The molecule has 2 atom stereocenters. The summed E-state index contributed by atoms with van der Waals surface area (Å²) < 4.78 is 0. The van der Waals surface area contributed by atoms with E-state index in [0.717, 1.165) is 13.0 Å². The smallest absolute Gasteiger partial charge is 0.872 e. The number of likely N-dealkylation sites (N-methyl/N-ethyl adjacent to an activating group) is 2. The molecule has 17 heavy (non-hydrogen) atoms. The van der Waals surface area contributed by atoms with E-state index < -0.39 is 0 Å². The van der Waals surface area contributed by atoms with Crippen molar-refractivity contribution in [1.29, 1.82) is 0 Å². The molecule has 0 aliphatic carbocycles. The fraction of sp³-hybridized carbons (Fsp3) is 0.538. The van der Waals surface area contributed by atoms with Crippen molar-refractivity contribution >= 4 is 5.69 Å². The number of hydrogen-bond donors (Lipinski definition) is 0. The number of benzene rings is 1. The third kappa shape index (κ3) is 1.64. The van der Waals surface area contributed by atoms with Crippen LogP contribution in [0.15, 0.2) is 18.2 Å². The second kappa shape index (κ2) is 4.16. The van der Waals surface area contributed by atoms with Crippen molar-refractivity contribution in [2.75, 3.05) is 25.5 Å². The average molecular weight is 240 g/mol. The fourth-order valence-corrected chi connectivity index (χ4v) is 3.56. The van der Waals surface area contributed by atoms with Crippen LogP contribution in [0.5, 0.6) is 5.75 Å². The molecular formula is C13H17N2NaO. The molecule has 0 unspecified atom stereocenters. The van der Waals surface area contributed by atoms with Crippen molar-refractivity contribution in [2.45, 2.75) is 24.9 Å². The van der Waals surface area contributed by atoms with E-state index in [0.29, 0.717) is 6.17 Å². The molecule has 0 saturated carbocycles. The van der Waals surface area contributed by atoms with Crippen LogP contribution in [0.1, 0.15) is 18.9 Å². The molecule has 3 nitrogen and oxygen atoms in total. The standard InChI is InChI=1S/C13H18N2O.Na/c1-13-6-7-14(2)12(13)15(3)11-5-4-9(16)8-10(11)13;/h4-5,8,12,16H,6-7H2,1-3H3;/q;+1/p-1/t12-,13+;/m1./s1. The van der Waals surface area contributed by atoms with Crippen molar-refractivity contribution in [3.8, 4) is 5.75 Å². The van der Waals surface area contributed by atoms with Crippen LogP contribution in [0, 0.1) is 0 Å². The Hall–Kier alpha value is -0.220. The van der Waals surface area contributed by atoms with Crippen LogP contribution in [0.25, 0.3) is 0 Å². The molecule has 0 aromatic heterocycles. The van der Waals surface area contributed by atoms with Crippen LogP contribution in [-0.4, -0.2) is 31.7 Å². The Balaban J connectivity index is 0.00000108. The Morgan fingerprint density at radius 2 is 2.06 bits per heavy atom. The normalized spacial score (nSPS) is 31.0. The fourth-order valence-electron chi connectivity index (χ4n) is 3.56. The zero-order chi connectivity index (χ0) is 11.5. The summed E-state index contributed by atoms with van der Waals surface area (Å²) in [5.74, 6) is 0.128. The Kier molecular flexibility index (Phi) is 3.24. The molecule has 1 aromatic rings. The third-order valence-corrected chi connectivity index (χ3v) is 4.30. The van der Waals surface area contributed by atoms with E-state index in [2.05, 4.69) is 30.8 Å². The molecule has 0 amide bonds. The van der Waals surface area contributed by atoms with Crippen molar-refractivity contribution < 1.29 is 34.7 Å². The Labute approximate surface area is 125 Å². The molecule has 0 spiro atoms. The SMILES string of the molecule is CN1CC[C@@]2(C)c3cc([O-])ccc3N(C)[C@@H]12.[Na+]. The molecule has 3 rings (SSSR count). The number of rotatable bonds is 0. The summed E-state index contributed by atoms with van der Waals surface area (Å²) in [5.41, 5.74) is 2.58. The molecule has 86 valence electrons. The van der Waals surface area contributed by atoms with Gasteiger partial charge in [0.25, 0.3) is 0 Å². The third-order valence-electron chi connectivity index (χ3n) is 4.30. The van der Waals surface area contributed by atoms with Crippen LogP contribution >= 0.6 is 0 Å². The van der Waals surface area contributed by atoms with Gasteiger partial charge in [0.1, 0.15) is 0 Å². The van der Waals surface area contributed by atoms with Crippen LogP contribution in [-0.2, 0) is 5.41 Å². The maximum Gasteiger partial charge on any atom is 1.00 e.